The summed E-state index contributed by atoms with van der Waals surface area (Å²) in [6.45, 7) is 4.16. The summed E-state index contributed by atoms with van der Waals surface area (Å²) >= 11 is 0. The molecule has 0 aliphatic rings. The molecule has 0 spiro atoms. The van der Waals surface area contributed by atoms with Gasteiger partial charge < -0.3 is 0 Å². The third kappa shape index (κ3) is 2.36. The van der Waals surface area contributed by atoms with Gasteiger partial charge in [-0.2, -0.15) is 0 Å². The third-order valence-corrected chi connectivity index (χ3v) is 2.81. The molecule has 0 aromatic heterocycles. The van der Waals surface area contributed by atoms with Crippen LogP contribution in [0, 0.1) is 11.6 Å². The van der Waals surface area contributed by atoms with Gasteiger partial charge in [-0.25, -0.2) is 8.78 Å². The average molecular weight is 232 g/mol. The lowest BCUT2D eigenvalue weighted by atomic mass is 9.93. The zero-order valence-electron chi connectivity index (χ0n) is 9.87. The van der Waals surface area contributed by atoms with Gasteiger partial charge in [-0.1, -0.05) is 44.2 Å². The molecule has 0 radical (unpaired) electrons. The molecule has 0 fully saturated rings. The second kappa shape index (κ2) is 4.66. The minimum Gasteiger partial charge on any atom is -0.204 e. The van der Waals surface area contributed by atoms with Gasteiger partial charge in [0.25, 0.3) is 0 Å². The Kier molecular flexibility index (Phi) is 3.23. The number of rotatable bonds is 2. The zero-order valence-corrected chi connectivity index (χ0v) is 9.87. The van der Waals surface area contributed by atoms with Crippen LogP contribution in [-0.4, -0.2) is 0 Å². The number of benzene rings is 2. The fourth-order valence-corrected chi connectivity index (χ4v) is 1.93. The Balaban J connectivity index is 2.56. The van der Waals surface area contributed by atoms with E-state index in [4.69, 9.17) is 0 Å². The molecule has 0 bridgehead atoms. The van der Waals surface area contributed by atoms with Crippen molar-refractivity contribution < 1.29 is 8.78 Å². The lowest BCUT2D eigenvalue weighted by Gasteiger charge is -2.12. The van der Waals surface area contributed by atoms with E-state index in [0.717, 1.165) is 11.1 Å². The molecule has 0 aliphatic heterocycles. The number of hydrogen-bond acceptors (Lipinski definition) is 0. The summed E-state index contributed by atoms with van der Waals surface area (Å²) in [7, 11) is 0. The number of hydrogen-bond donors (Lipinski definition) is 0. The van der Waals surface area contributed by atoms with E-state index in [2.05, 4.69) is 13.8 Å². The summed E-state index contributed by atoms with van der Waals surface area (Å²) < 4.78 is 26.1. The predicted octanol–water partition coefficient (Wildman–Crippen LogP) is 4.76. The largest absolute Gasteiger partial charge is 0.204 e. The average Bonchev–Trinajstić information content (AvgIpc) is 2.32. The molecule has 2 rings (SSSR count). The van der Waals surface area contributed by atoms with Crippen LogP contribution in [-0.2, 0) is 0 Å². The van der Waals surface area contributed by atoms with Crippen molar-refractivity contribution in [2.24, 2.45) is 0 Å². The van der Waals surface area contributed by atoms with Crippen LogP contribution < -0.4 is 0 Å². The standard InChI is InChI=1S/C15H14F2/c1-10(2)12-5-3-4-6-13(12)11-7-8-14(16)15(17)9-11/h3-10H,1-2H3. The van der Waals surface area contributed by atoms with E-state index < -0.39 is 11.6 Å². The molecule has 0 heterocycles. The highest BCUT2D eigenvalue weighted by molar-refractivity contribution is 5.68. The van der Waals surface area contributed by atoms with E-state index >= 15 is 0 Å². The molecular weight excluding hydrogens is 218 g/mol. The van der Waals surface area contributed by atoms with Gasteiger partial charge in [-0.05, 0) is 34.7 Å². The van der Waals surface area contributed by atoms with Crippen LogP contribution in [0.3, 0.4) is 0 Å². The normalized spacial score (nSPS) is 10.9. The van der Waals surface area contributed by atoms with Crippen molar-refractivity contribution in [2.75, 3.05) is 0 Å². The highest BCUT2D eigenvalue weighted by Crippen LogP contribution is 2.29. The third-order valence-electron chi connectivity index (χ3n) is 2.81. The molecule has 0 nitrogen and oxygen atoms in total. The molecule has 2 aromatic carbocycles. The van der Waals surface area contributed by atoms with E-state index in [1.165, 1.54) is 12.1 Å². The zero-order chi connectivity index (χ0) is 12.4. The molecule has 0 saturated heterocycles. The molecule has 0 atom stereocenters. The summed E-state index contributed by atoms with van der Waals surface area (Å²) in [5.41, 5.74) is 2.81. The van der Waals surface area contributed by atoms with Crippen LogP contribution in [0.25, 0.3) is 11.1 Å². The molecule has 0 amide bonds. The topological polar surface area (TPSA) is 0 Å². The van der Waals surface area contributed by atoms with E-state index in [9.17, 15) is 8.78 Å². The molecule has 17 heavy (non-hydrogen) atoms. The maximum atomic E-state index is 13.2. The van der Waals surface area contributed by atoms with Crippen molar-refractivity contribution in [2.45, 2.75) is 19.8 Å². The van der Waals surface area contributed by atoms with Crippen molar-refractivity contribution in [1.82, 2.24) is 0 Å². The Labute approximate surface area is 99.9 Å². The van der Waals surface area contributed by atoms with Gasteiger partial charge in [0.2, 0.25) is 0 Å². The lowest BCUT2D eigenvalue weighted by molar-refractivity contribution is 0.509. The van der Waals surface area contributed by atoms with Gasteiger partial charge >= 0.3 is 0 Å². The Morgan fingerprint density at radius 2 is 1.59 bits per heavy atom. The molecule has 88 valence electrons. The van der Waals surface area contributed by atoms with Crippen molar-refractivity contribution in [3.05, 3.63) is 59.7 Å². The van der Waals surface area contributed by atoms with E-state index in [1.807, 2.05) is 24.3 Å². The predicted molar refractivity (Wildman–Crippen MR) is 65.9 cm³/mol. The van der Waals surface area contributed by atoms with Crippen molar-refractivity contribution in [3.8, 4) is 11.1 Å². The maximum Gasteiger partial charge on any atom is 0.159 e. The first-order valence-electron chi connectivity index (χ1n) is 5.64. The van der Waals surface area contributed by atoms with Crippen molar-refractivity contribution in [1.29, 1.82) is 0 Å². The summed E-state index contributed by atoms with van der Waals surface area (Å²) in [6.07, 6.45) is 0. The summed E-state index contributed by atoms with van der Waals surface area (Å²) in [5, 5.41) is 0. The van der Waals surface area contributed by atoms with Crippen LogP contribution in [0.1, 0.15) is 25.3 Å². The molecule has 0 N–H and O–H groups in total. The SMILES string of the molecule is CC(C)c1ccccc1-c1ccc(F)c(F)c1. The van der Waals surface area contributed by atoms with Crippen LogP contribution in [0.15, 0.2) is 42.5 Å². The van der Waals surface area contributed by atoms with Gasteiger partial charge in [-0.15, -0.1) is 0 Å². The minimum absolute atomic E-state index is 0.347. The second-order valence-electron chi connectivity index (χ2n) is 4.37. The Morgan fingerprint density at radius 3 is 2.24 bits per heavy atom. The second-order valence-corrected chi connectivity index (χ2v) is 4.37. The quantitative estimate of drug-likeness (QED) is 0.700. The van der Waals surface area contributed by atoms with Crippen LogP contribution in [0.4, 0.5) is 8.78 Å². The maximum absolute atomic E-state index is 13.2. The van der Waals surface area contributed by atoms with Crippen molar-refractivity contribution in [3.63, 3.8) is 0 Å². The molecule has 2 heteroatoms. The van der Waals surface area contributed by atoms with Gasteiger partial charge in [-0.3, -0.25) is 0 Å². The minimum atomic E-state index is -0.809. The monoisotopic (exact) mass is 232 g/mol. The molecule has 0 aliphatic carbocycles. The van der Waals surface area contributed by atoms with Crippen LogP contribution in [0.5, 0.6) is 0 Å². The van der Waals surface area contributed by atoms with E-state index in [1.54, 1.807) is 6.07 Å². The van der Waals surface area contributed by atoms with Crippen molar-refractivity contribution >= 4 is 0 Å². The first-order valence-corrected chi connectivity index (χ1v) is 5.64. The van der Waals surface area contributed by atoms with Gasteiger partial charge in [0.1, 0.15) is 0 Å². The molecule has 2 aromatic rings. The molecule has 0 saturated carbocycles. The van der Waals surface area contributed by atoms with Crippen LogP contribution >= 0.6 is 0 Å². The Bertz CT molecular complexity index is 530. The fourth-order valence-electron chi connectivity index (χ4n) is 1.93. The highest BCUT2D eigenvalue weighted by atomic mass is 19.2. The van der Waals surface area contributed by atoms with Gasteiger partial charge in [0.15, 0.2) is 11.6 Å². The van der Waals surface area contributed by atoms with Gasteiger partial charge in [0, 0.05) is 0 Å². The van der Waals surface area contributed by atoms with E-state index in [0.29, 0.717) is 11.5 Å². The number of halogens is 2. The highest BCUT2D eigenvalue weighted by Gasteiger charge is 2.10. The lowest BCUT2D eigenvalue weighted by Crippen LogP contribution is -1.93. The molecule has 0 unspecified atom stereocenters. The Morgan fingerprint density at radius 1 is 0.882 bits per heavy atom. The Hall–Kier alpha value is -1.70. The smallest absolute Gasteiger partial charge is 0.159 e. The van der Waals surface area contributed by atoms with E-state index in [-0.39, 0.29) is 0 Å². The first kappa shape index (κ1) is 11.8. The summed E-state index contributed by atoms with van der Waals surface area (Å²) in [6, 6.07) is 11.8. The summed E-state index contributed by atoms with van der Waals surface area (Å²) in [5.74, 6) is -1.27. The molecular formula is C15H14F2. The first-order chi connectivity index (χ1) is 8.09. The van der Waals surface area contributed by atoms with Crippen LogP contribution in [0.2, 0.25) is 0 Å². The summed E-state index contributed by atoms with van der Waals surface area (Å²) in [4.78, 5) is 0. The fraction of sp³-hybridized carbons (Fsp3) is 0.200. The van der Waals surface area contributed by atoms with Gasteiger partial charge in [0.05, 0.1) is 0 Å².